The van der Waals surface area contributed by atoms with E-state index < -0.39 is 6.10 Å². The monoisotopic (exact) mass is 347 g/mol. The largest absolute Gasteiger partial charge is 0.391 e. The number of aliphatic hydroxyl groups is 1. The van der Waals surface area contributed by atoms with Gasteiger partial charge in [-0.2, -0.15) is 0 Å². The average Bonchev–Trinajstić information content (AvgIpc) is 2.56. The molecule has 1 aromatic carbocycles. The third-order valence-corrected chi connectivity index (χ3v) is 4.82. The second-order valence-corrected chi connectivity index (χ2v) is 7.66. The molecule has 5 nitrogen and oxygen atoms in total. The number of benzene rings is 1. The molecule has 3 atom stereocenters. The highest BCUT2D eigenvalue weighted by molar-refractivity contribution is 5.74. The third-order valence-electron chi connectivity index (χ3n) is 4.82. The van der Waals surface area contributed by atoms with Crippen LogP contribution in [0.5, 0.6) is 0 Å². The highest BCUT2D eigenvalue weighted by Gasteiger charge is 2.26. The van der Waals surface area contributed by atoms with Crippen molar-refractivity contribution in [1.82, 2.24) is 15.5 Å². The number of urea groups is 1. The summed E-state index contributed by atoms with van der Waals surface area (Å²) in [5, 5.41) is 15.7. The summed E-state index contributed by atoms with van der Waals surface area (Å²) in [4.78, 5) is 14.5. The van der Waals surface area contributed by atoms with Crippen molar-refractivity contribution in [3.63, 3.8) is 0 Å². The van der Waals surface area contributed by atoms with E-state index in [-0.39, 0.29) is 12.1 Å². The maximum Gasteiger partial charge on any atom is 0.315 e. The first-order valence-corrected chi connectivity index (χ1v) is 9.44. The zero-order chi connectivity index (χ0) is 18.2. The number of hydrogen-bond acceptors (Lipinski definition) is 3. The summed E-state index contributed by atoms with van der Waals surface area (Å²) < 4.78 is 0. The fraction of sp³-hybridized carbons (Fsp3) is 0.650. The van der Waals surface area contributed by atoms with E-state index in [1.807, 2.05) is 6.07 Å². The number of amides is 2. The van der Waals surface area contributed by atoms with E-state index in [9.17, 15) is 9.90 Å². The van der Waals surface area contributed by atoms with Crippen molar-refractivity contribution in [3.8, 4) is 0 Å². The molecule has 1 saturated heterocycles. The van der Waals surface area contributed by atoms with E-state index in [2.05, 4.69) is 60.6 Å². The summed E-state index contributed by atoms with van der Waals surface area (Å²) in [6, 6.07) is 11.0. The van der Waals surface area contributed by atoms with E-state index in [0.717, 1.165) is 25.9 Å². The predicted molar refractivity (Wildman–Crippen MR) is 101 cm³/mol. The molecule has 140 valence electrons. The van der Waals surface area contributed by atoms with Crippen molar-refractivity contribution >= 4 is 6.03 Å². The van der Waals surface area contributed by atoms with Gasteiger partial charge in [0, 0.05) is 31.7 Å². The van der Waals surface area contributed by atoms with Crippen molar-refractivity contribution in [1.29, 1.82) is 0 Å². The van der Waals surface area contributed by atoms with Crippen LogP contribution in [0.25, 0.3) is 0 Å². The maximum atomic E-state index is 12.0. The molecule has 0 aliphatic carbocycles. The average molecular weight is 348 g/mol. The van der Waals surface area contributed by atoms with Gasteiger partial charge in [-0.25, -0.2) is 4.79 Å². The minimum absolute atomic E-state index is 0.170. The molecule has 0 spiro atoms. The summed E-state index contributed by atoms with van der Waals surface area (Å²) in [6.07, 6.45) is 2.14. The Balaban J connectivity index is 1.70. The number of rotatable bonds is 7. The number of hydrogen-bond donors (Lipinski definition) is 3. The van der Waals surface area contributed by atoms with Crippen molar-refractivity contribution in [2.24, 2.45) is 5.92 Å². The molecule has 5 heteroatoms. The number of nitrogens with one attached hydrogen (secondary N) is 2. The number of piperidine rings is 1. The van der Waals surface area contributed by atoms with E-state index in [4.69, 9.17) is 0 Å². The zero-order valence-electron chi connectivity index (χ0n) is 15.7. The standard InChI is InChI=1S/C20H33N3O2/c1-15(2)11-19(24)13-21-20(25)22-18-9-10-23(16(3)12-18)14-17-7-5-4-6-8-17/h4-8,15-16,18-19,24H,9-14H2,1-3H3,(H2,21,22,25). The molecule has 0 radical (unpaired) electrons. The van der Waals surface area contributed by atoms with Gasteiger partial charge in [-0.3, -0.25) is 4.90 Å². The van der Waals surface area contributed by atoms with Crippen LogP contribution in [0.3, 0.4) is 0 Å². The van der Waals surface area contributed by atoms with Gasteiger partial charge in [0.2, 0.25) is 0 Å². The van der Waals surface area contributed by atoms with Crippen molar-refractivity contribution in [2.45, 2.75) is 64.8 Å². The molecular weight excluding hydrogens is 314 g/mol. The quantitative estimate of drug-likeness (QED) is 0.711. The zero-order valence-corrected chi connectivity index (χ0v) is 15.7. The minimum Gasteiger partial charge on any atom is -0.391 e. The predicted octanol–water partition coefficient (Wildman–Crippen LogP) is 2.75. The van der Waals surface area contributed by atoms with Crippen LogP contribution < -0.4 is 10.6 Å². The second kappa shape index (κ2) is 9.78. The molecule has 2 rings (SSSR count). The first-order chi connectivity index (χ1) is 11.9. The molecule has 1 aliphatic heterocycles. The fourth-order valence-electron chi connectivity index (χ4n) is 3.48. The first-order valence-electron chi connectivity index (χ1n) is 9.44. The fourth-order valence-corrected chi connectivity index (χ4v) is 3.48. The van der Waals surface area contributed by atoms with Gasteiger partial charge in [-0.15, -0.1) is 0 Å². The number of nitrogens with zero attached hydrogens (tertiary/aromatic N) is 1. The minimum atomic E-state index is -0.475. The van der Waals surface area contributed by atoms with Gasteiger partial charge in [0.1, 0.15) is 0 Å². The summed E-state index contributed by atoms with van der Waals surface area (Å²) in [5.74, 6) is 0.426. The Kier molecular flexibility index (Phi) is 7.72. The molecule has 1 fully saturated rings. The van der Waals surface area contributed by atoms with Crippen LogP contribution in [0, 0.1) is 5.92 Å². The molecule has 3 N–H and O–H groups in total. The van der Waals surface area contributed by atoms with E-state index in [1.165, 1.54) is 5.56 Å². The summed E-state index contributed by atoms with van der Waals surface area (Å²) in [5.41, 5.74) is 1.33. The Bertz CT molecular complexity index is 521. The summed E-state index contributed by atoms with van der Waals surface area (Å²) >= 11 is 0. The normalized spacial score (nSPS) is 22.6. The van der Waals surface area contributed by atoms with Gasteiger partial charge in [-0.1, -0.05) is 44.2 Å². The van der Waals surface area contributed by atoms with Crippen LogP contribution in [0.1, 0.15) is 45.6 Å². The summed E-state index contributed by atoms with van der Waals surface area (Å²) in [6.45, 7) is 8.61. The molecule has 25 heavy (non-hydrogen) atoms. The number of aliphatic hydroxyl groups excluding tert-OH is 1. The Morgan fingerprint density at radius 2 is 2.04 bits per heavy atom. The Hall–Kier alpha value is -1.59. The first kappa shape index (κ1) is 19.7. The van der Waals surface area contributed by atoms with Gasteiger partial charge in [0.15, 0.2) is 0 Å². The summed E-state index contributed by atoms with van der Waals surface area (Å²) in [7, 11) is 0. The van der Waals surface area contributed by atoms with Crippen LogP contribution in [-0.4, -0.2) is 47.3 Å². The van der Waals surface area contributed by atoms with Crippen LogP contribution in [0.2, 0.25) is 0 Å². The lowest BCUT2D eigenvalue weighted by Crippen LogP contribution is -2.51. The van der Waals surface area contributed by atoms with Gasteiger partial charge < -0.3 is 15.7 Å². The number of likely N-dealkylation sites (tertiary alicyclic amines) is 1. The number of carbonyl (C=O) groups excluding carboxylic acids is 1. The lowest BCUT2D eigenvalue weighted by atomic mass is 9.97. The third kappa shape index (κ3) is 7.04. The van der Waals surface area contributed by atoms with Gasteiger partial charge in [-0.05, 0) is 37.7 Å². The Morgan fingerprint density at radius 1 is 1.32 bits per heavy atom. The lowest BCUT2D eigenvalue weighted by molar-refractivity contribution is 0.127. The van der Waals surface area contributed by atoms with Gasteiger partial charge in [0.05, 0.1) is 6.10 Å². The van der Waals surface area contributed by atoms with Crippen LogP contribution in [-0.2, 0) is 6.54 Å². The molecular formula is C20H33N3O2. The SMILES string of the molecule is CC(C)CC(O)CNC(=O)NC1CCN(Cc2ccccc2)C(C)C1. The molecule has 2 amide bonds. The van der Waals surface area contributed by atoms with Crippen molar-refractivity contribution in [3.05, 3.63) is 35.9 Å². The molecule has 1 heterocycles. The van der Waals surface area contributed by atoms with Crippen LogP contribution >= 0.6 is 0 Å². The molecule has 0 saturated carbocycles. The second-order valence-electron chi connectivity index (χ2n) is 7.66. The molecule has 1 aliphatic rings. The molecule has 1 aromatic rings. The van der Waals surface area contributed by atoms with Gasteiger partial charge >= 0.3 is 6.03 Å². The van der Waals surface area contributed by atoms with Gasteiger partial charge in [0.25, 0.3) is 0 Å². The molecule has 0 aromatic heterocycles. The van der Waals surface area contributed by atoms with E-state index >= 15 is 0 Å². The molecule has 3 unspecified atom stereocenters. The highest BCUT2D eigenvalue weighted by Crippen LogP contribution is 2.19. The van der Waals surface area contributed by atoms with E-state index in [1.54, 1.807) is 0 Å². The maximum absolute atomic E-state index is 12.0. The van der Waals surface area contributed by atoms with Crippen molar-refractivity contribution in [2.75, 3.05) is 13.1 Å². The highest BCUT2D eigenvalue weighted by atomic mass is 16.3. The topological polar surface area (TPSA) is 64.6 Å². The molecule has 0 bridgehead atoms. The van der Waals surface area contributed by atoms with E-state index in [0.29, 0.717) is 24.9 Å². The number of carbonyl (C=O) groups is 1. The van der Waals surface area contributed by atoms with Crippen LogP contribution in [0.15, 0.2) is 30.3 Å². The smallest absolute Gasteiger partial charge is 0.315 e. The lowest BCUT2D eigenvalue weighted by Gasteiger charge is -2.38. The van der Waals surface area contributed by atoms with Crippen molar-refractivity contribution < 1.29 is 9.90 Å². The Morgan fingerprint density at radius 3 is 2.68 bits per heavy atom. The Labute approximate surface area is 151 Å². The van der Waals surface area contributed by atoms with Crippen LogP contribution in [0.4, 0.5) is 4.79 Å².